The Morgan fingerprint density at radius 2 is 2.08 bits per heavy atom. The molecule has 0 aromatic heterocycles. The molecule has 4 nitrogen and oxygen atoms in total. The van der Waals surface area contributed by atoms with Crippen LogP contribution in [-0.2, 0) is 6.42 Å². The number of nitrogens with one attached hydrogen (secondary N) is 1. The zero-order chi connectivity index (χ0) is 17.5. The Morgan fingerprint density at radius 3 is 2.79 bits per heavy atom. The van der Waals surface area contributed by atoms with E-state index in [-0.39, 0.29) is 17.6 Å². The molecule has 0 heterocycles. The lowest BCUT2D eigenvalue weighted by molar-refractivity contribution is 0.0696. The number of benzene rings is 2. The van der Waals surface area contributed by atoms with Crippen LogP contribution in [0.4, 0.5) is 4.39 Å². The second kappa shape index (κ2) is 8.45. The Kier molecular flexibility index (Phi) is 6.32. The summed E-state index contributed by atoms with van der Waals surface area (Å²) < 4.78 is 18.4. The number of carboxylic acids is 1. The lowest BCUT2D eigenvalue weighted by Crippen LogP contribution is -2.20. The molecule has 2 rings (SSSR count). The van der Waals surface area contributed by atoms with Crippen LogP contribution >= 0.6 is 0 Å². The summed E-state index contributed by atoms with van der Waals surface area (Å²) in [5, 5.41) is 12.4. The van der Waals surface area contributed by atoms with Crippen molar-refractivity contribution in [3.63, 3.8) is 0 Å². The third kappa shape index (κ3) is 4.80. The highest BCUT2D eigenvalue weighted by molar-refractivity contribution is 5.87. The van der Waals surface area contributed by atoms with Crippen LogP contribution in [0.5, 0.6) is 5.75 Å². The molecule has 0 aliphatic carbocycles. The van der Waals surface area contributed by atoms with Gasteiger partial charge in [0.25, 0.3) is 0 Å². The van der Waals surface area contributed by atoms with Gasteiger partial charge in [-0.1, -0.05) is 18.2 Å². The number of rotatable bonds is 8. The molecular formula is C19H22FNO3. The van der Waals surface area contributed by atoms with E-state index in [9.17, 15) is 9.18 Å². The Bertz CT molecular complexity index is 703. The molecule has 5 heteroatoms. The number of aromatic carboxylic acids is 1. The summed E-state index contributed by atoms with van der Waals surface area (Å²) >= 11 is 0. The third-order valence-corrected chi connectivity index (χ3v) is 3.94. The molecule has 0 amide bonds. The van der Waals surface area contributed by atoms with Crippen LogP contribution < -0.4 is 10.1 Å². The van der Waals surface area contributed by atoms with Crippen molar-refractivity contribution in [3.8, 4) is 5.75 Å². The van der Waals surface area contributed by atoms with Crippen LogP contribution in [0.3, 0.4) is 0 Å². The number of aryl methyl sites for hydroxylation is 1. The SMILES string of the molecule is COc1cc([C@@H](C)NCCCc2cccc(C(=O)O)c2)ccc1F. The standard InChI is InChI=1S/C19H22FNO3/c1-13(15-8-9-17(20)18(12-15)24-2)21-10-4-6-14-5-3-7-16(11-14)19(22)23/h3,5,7-9,11-13,21H,4,6,10H2,1-2H3,(H,22,23)/t13-/m1/s1. The molecule has 0 aliphatic rings. The van der Waals surface area contributed by atoms with Gasteiger partial charge in [0.15, 0.2) is 11.6 Å². The predicted octanol–water partition coefficient (Wildman–Crippen LogP) is 3.82. The largest absolute Gasteiger partial charge is 0.494 e. The molecule has 0 bridgehead atoms. The number of methoxy groups -OCH3 is 1. The number of ether oxygens (including phenoxy) is 1. The van der Waals surface area contributed by atoms with Crippen LogP contribution in [0.15, 0.2) is 42.5 Å². The maximum Gasteiger partial charge on any atom is 0.335 e. The van der Waals surface area contributed by atoms with E-state index in [1.807, 2.05) is 13.0 Å². The highest BCUT2D eigenvalue weighted by atomic mass is 19.1. The van der Waals surface area contributed by atoms with Crippen LogP contribution in [0.1, 0.15) is 40.9 Å². The molecule has 2 aromatic rings. The second-order valence-corrected chi connectivity index (χ2v) is 5.68. The molecule has 2 aromatic carbocycles. The van der Waals surface area contributed by atoms with Crippen molar-refractivity contribution in [1.29, 1.82) is 0 Å². The summed E-state index contributed by atoms with van der Waals surface area (Å²) in [6.45, 7) is 2.79. The molecule has 0 saturated heterocycles. The molecule has 0 unspecified atom stereocenters. The summed E-state index contributed by atoms with van der Waals surface area (Å²) in [6.07, 6.45) is 1.68. The van der Waals surface area contributed by atoms with Gasteiger partial charge in [0.1, 0.15) is 0 Å². The zero-order valence-corrected chi connectivity index (χ0v) is 13.9. The number of halogens is 1. The lowest BCUT2D eigenvalue weighted by Gasteiger charge is -2.15. The minimum atomic E-state index is -0.908. The molecule has 24 heavy (non-hydrogen) atoms. The van der Waals surface area contributed by atoms with Crippen molar-refractivity contribution >= 4 is 5.97 Å². The van der Waals surface area contributed by atoms with E-state index < -0.39 is 5.97 Å². The fraction of sp³-hybridized carbons (Fsp3) is 0.316. The topological polar surface area (TPSA) is 58.6 Å². The van der Waals surface area contributed by atoms with E-state index in [4.69, 9.17) is 9.84 Å². The van der Waals surface area contributed by atoms with E-state index in [1.54, 1.807) is 30.3 Å². The Labute approximate surface area is 141 Å². The predicted molar refractivity (Wildman–Crippen MR) is 91.1 cm³/mol. The highest BCUT2D eigenvalue weighted by Gasteiger charge is 2.09. The Morgan fingerprint density at radius 1 is 1.29 bits per heavy atom. The van der Waals surface area contributed by atoms with Crippen molar-refractivity contribution in [2.45, 2.75) is 25.8 Å². The van der Waals surface area contributed by atoms with Gasteiger partial charge in [0.2, 0.25) is 0 Å². The van der Waals surface area contributed by atoms with Crippen LogP contribution in [0.2, 0.25) is 0 Å². The van der Waals surface area contributed by atoms with Gasteiger partial charge < -0.3 is 15.2 Å². The molecule has 0 saturated carbocycles. The summed E-state index contributed by atoms with van der Waals surface area (Å²) in [5.41, 5.74) is 2.28. The first-order valence-electron chi connectivity index (χ1n) is 7.90. The van der Waals surface area contributed by atoms with Gasteiger partial charge in [0.05, 0.1) is 12.7 Å². The molecule has 0 spiro atoms. The van der Waals surface area contributed by atoms with Crippen LogP contribution in [0.25, 0.3) is 0 Å². The Hall–Kier alpha value is -2.40. The molecule has 1 atom stereocenters. The molecular weight excluding hydrogens is 309 g/mol. The molecule has 0 fully saturated rings. The van der Waals surface area contributed by atoms with Crippen LogP contribution in [-0.4, -0.2) is 24.7 Å². The zero-order valence-electron chi connectivity index (χ0n) is 13.9. The maximum absolute atomic E-state index is 13.4. The second-order valence-electron chi connectivity index (χ2n) is 5.68. The third-order valence-electron chi connectivity index (χ3n) is 3.94. The number of hydrogen-bond acceptors (Lipinski definition) is 3. The summed E-state index contributed by atoms with van der Waals surface area (Å²) in [4.78, 5) is 11.0. The highest BCUT2D eigenvalue weighted by Crippen LogP contribution is 2.22. The van der Waals surface area contributed by atoms with E-state index in [1.165, 1.54) is 13.2 Å². The van der Waals surface area contributed by atoms with Gasteiger partial charge in [-0.05, 0) is 61.7 Å². The van der Waals surface area contributed by atoms with E-state index in [0.717, 1.165) is 30.5 Å². The van der Waals surface area contributed by atoms with Crippen molar-refractivity contribution in [2.75, 3.05) is 13.7 Å². The van der Waals surface area contributed by atoms with Gasteiger partial charge in [-0.2, -0.15) is 0 Å². The minimum absolute atomic E-state index is 0.0739. The van der Waals surface area contributed by atoms with Gasteiger partial charge in [-0.25, -0.2) is 9.18 Å². The van der Waals surface area contributed by atoms with Crippen molar-refractivity contribution in [1.82, 2.24) is 5.32 Å². The van der Waals surface area contributed by atoms with E-state index >= 15 is 0 Å². The first-order valence-corrected chi connectivity index (χ1v) is 7.90. The smallest absolute Gasteiger partial charge is 0.335 e. The van der Waals surface area contributed by atoms with Crippen molar-refractivity contribution in [2.24, 2.45) is 0 Å². The summed E-state index contributed by atoms with van der Waals surface area (Å²) in [5.74, 6) is -1.03. The number of carbonyl (C=O) groups is 1. The maximum atomic E-state index is 13.4. The normalized spacial score (nSPS) is 12.0. The fourth-order valence-corrected chi connectivity index (χ4v) is 2.53. The average molecular weight is 331 g/mol. The average Bonchev–Trinajstić information content (AvgIpc) is 2.59. The van der Waals surface area contributed by atoms with Gasteiger partial charge >= 0.3 is 5.97 Å². The minimum Gasteiger partial charge on any atom is -0.494 e. The number of carboxylic acid groups (broad SMARTS) is 1. The van der Waals surface area contributed by atoms with Gasteiger partial charge in [-0.3, -0.25) is 0 Å². The monoisotopic (exact) mass is 331 g/mol. The van der Waals surface area contributed by atoms with E-state index in [0.29, 0.717) is 5.56 Å². The van der Waals surface area contributed by atoms with Crippen LogP contribution in [0, 0.1) is 5.82 Å². The quantitative estimate of drug-likeness (QED) is 0.722. The van der Waals surface area contributed by atoms with Crippen molar-refractivity contribution < 1.29 is 19.0 Å². The molecule has 2 N–H and O–H groups in total. The molecule has 0 radical (unpaired) electrons. The fourth-order valence-electron chi connectivity index (χ4n) is 2.53. The molecule has 128 valence electrons. The molecule has 0 aliphatic heterocycles. The number of hydrogen-bond donors (Lipinski definition) is 2. The van der Waals surface area contributed by atoms with Crippen molar-refractivity contribution in [3.05, 3.63) is 65.0 Å². The summed E-state index contributed by atoms with van der Waals surface area (Å²) in [6, 6.07) is 11.9. The first kappa shape index (κ1) is 17.9. The summed E-state index contributed by atoms with van der Waals surface area (Å²) in [7, 11) is 1.45. The van der Waals surface area contributed by atoms with Gasteiger partial charge in [0, 0.05) is 6.04 Å². The Balaban J connectivity index is 1.83. The van der Waals surface area contributed by atoms with Gasteiger partial charge in [-0.15, -0.1) is 0 Å². The first-order chi connectivity index (χ1) is 11.5. The van der Waals surface area contributed by atoms with E-state index in [2.05, 4.69) is 5.32 Å². The lowest BCUT2D eigenvalue weighted by atomic mass is 10.1.